The van der Waals surface area contributed by atoms with Gasteiger partial charge in [0.15, 0.2) is 5.78 Å². The SMILES string of the molecule is Cc1c(C(=O)NCCCN(C)Cc2ccccc2)[nH]c2c1C(=O)CCC2. The fourth-order valence-corrected chi connectivity index (χ4v) is 3.61. The highest BCUT2D eigenvalue weighted by atomic mass is 16.2. The fraction of sp³-hybridized carbons (Fsp3) is 0.429. The summed E-state index contributed by atoms with van der Waals surface area (Å²) in [6, 6.07) is 10.4. The lowest BCUT2D eigenvalue weighted by Gasteiger charge is -2.16. The van der Waals surface area contributed by atoms with E-state index in [-0.39, 0.29) is 11.7 Å². The zero-order valence-corrected chi connectivity index (χ0v) is 15.6. The molecule has 1 aromatic carbocycles. The van der Waals surface area contributed by atoms with Crippen molar-refractivity contribution >= 4 is 11.7 Å². The molecule has 0 fully saturated rings. The van der Waals surface area contributed by atoms with Crippen molar-refractivity contribution < 1.29 is 9.59 Å². The number of aromatic amines is 1. The first kappa shape index (κ1) is 18.4. The highest BCUT2D eigenvalue weighted by molar-refractivity contribution is 6.04. The number of carbonyl (C=O) groups excluding carboxylic acids is 2. The van der Waals surface area contributed by atoms with Crippen LogP contribution >= 0.6 is 0 Å². The number of aromatic nitrogens is 1. The van der Waals surface area contributed by atoms with Crippen molar-refractivity contribution in [2.24, 2.45) is 0 Å². The predicted octanol–water partition coefficient (Wildman–Crippen LogP) is 3.09. The van der Waals surface area contributed by atoms with E-state index in [9.17, 15) is 9.59 Å². The number of fused-ring (bicyclic) bond motifs is 1. The maximum Gasteiger partial charge on any atom is 0.268 e. The minimum atomic E-state index is -0.115. The summed E-state index contributed by atoms with van der Waals surface area (Å²) in [6.07, 6.45) is 3.17. The molecule has 5 heteroatoms. The number of amides is 1. The molecule has 0 unspecified atom stereocenters. The maximum absolute atomic E-state index is 12.5. The van der Waals surface area contributed by atoms with Crippen LogP contribution in [0, 0.1) is 6.92 Å². The number of hydrogen-bond acceptors (Lipinski definition) is 3. The smallest absolute Gasteiger partial charge is 0.268 e. The van der Waals surface area contributed by atoms with E-state index in [1.807, 2.05) is 25.1 Å². The van der Waals surface area contributed by atoms with Gasteiger partial charge in [-0.3, -0.25) is 9.59 Å². The Balaban J connectivity index is 1.47. The van der Waals surface area contributed by atoms with Gasteiger partial charge in [-0.05, 0) is 50.9 Å². The van der Waals surface area contributed by atoms with Crippen LogP contribution in [0.15, 0.2) is 30.3 Å². The van der Waals surface area contributed by atoms with Gasteiger partial charge in [0.1, 0.15) is 5.69 Å². The largest absolute Gasteiger partial charge is 0.354 e. The zero-order chi connectivity index (χ0) is 18.5. The molecule has 0 saturated heterocycles. The zero-order valence-electron chi connectivity index (χ0n) is 15.6. The third kappa shape index (κ3) is 4.22. The molecule has 1 aromatic heterocycles. The van der Waals surface area contributed by atoms with E-state index in [2.05, 4.69) is 34.4 Å². The quantitative estimate of drug-likeness (QED) is 0.752. The minimum absolute atomic E-state index is 0.115. The van der Waals surface area contributed by atoms with Crippen LogP contribution < -0.4 is 5.32 Å². The molecular weight excluding hydrogens is 326 g/mol. The van der Waals surface area contributed by atoms with Gasteiger partial charge in [-0.25, -0.2) is 0 Å². The summed E-state index contributed by atoms with van der Waals surface area (Å²) in [5.41, 5.74) is 4.29. The van der Waals surface area contributed by atoms with Gasteiger partial charge in [0, 0.05) is 30.8 Å². The summed E-state index contributed by atoms with van der Waals surface area (Å²) < 4.78 is 0. The first-order valence-electron chi connectivity index (χ1n) is 9.31. The van der Waals surface area contributed by atoms with E-state index in [1.54, 1.807) is 0 Å². The van der Waals surface area contributed by atoms with Gasteiger partial charge in [0.05, 0.1) is 0 Å². The van der Waals surface area contributed by atoms with Crippen molar-refractivity contribution in [3.63, 3.8) is 0 Å². The standard InChI is InChI=1S/C21H27N3O2/c1-15-19-17(10-6-11-18(19)25)23-20(15)21(26)22-12-7-13-24(2)14-16-8-4-3-5-9-16/h3-5,8-9,23H,6-7,10-14H2,1-2H3,(H,22,26). The van der Waals surface area contributed by atoms with Crippen molar-refractivity contribution in [1.29, 1.82) is 0 Å². The van der Waals surface area contributed by atoms with Crippen molar-refractivity contribution in [3.8, 4) is 0 Å². The molecule has 0 spiro atoms. The Morgan fingerprint density at radius 3 is 2.73 bits per heavy atom. The molecule has 138 valence electrons. The van der Waals surface area contributed by atoms with Crippen LogP contribution in [-0.4, -0.2) is 41.7 Å². The number of H-pyrrole nitrogens is 1. The van der Waals surface area contributed by atoms with E-state index < -0.39 is 0 Å². The van der Waals surface area contributed by atoms with Crippen molar-refractivity contribution in [2.75, 3.05) is 20.1 Å². The van der Waals surface area contributed by atoms with Gasteiger partial charge >= 0.3 is 0 Å². The van der Waals surface area contributed by atoms with Gasteiger partial charge in [-0.1, -0.05) is 30.3 Å². The van der Waals surface area contributed by atoms with Crippen LogP contribution in [-0.2, 0) is 13.0 Å². The summed E-state index contributed by atoms with van der Waals surface area (Å²) in [7, 11) is 2.09. The first-order valence-corrected chi connectivity index (χ1v) is 9.31. The highest BCUT2D eigenvalue weighted by Crippen LogP contribution is 2.26. The summed E-state index contributed by atoms with van der Waals surface area (Å²) >= 11 is 0. The monoisotopic (exact) mass is 353 g/mol. The molecule has 26 heavy (non-hydrogen) atoms. The first-order chi connectivity index (χ1) is 12.6. The van der Waals surface area contributed by atoms with Gasteiger partial charge in [0.2, 0.25) is 0 Å². The molecule has 0 atom stereocenters. The maximum atomic E-state index is 12.5. The predicted molar refractivity (Wildman–Crippen MR) is 103 cm³/mol. The fourth-order valence-electron chi connectivity index (χ4n) is 3.61. The lowest BCUT2D eigenvalue weighted by atomic mass is 9.94. The topological polar surface area (TPSA) is 65.2 Å². The third-order valence-electron chi connectivity index (χ3n) is 4.96. The second-order valence-corrected chi connectivity index (χ2v) is 7.09. The number of nitrogens with one attached hydrogen (secondary N) is 2. The van der Waals surface area contributed by atoms with E-state index in [1.165, 1.54) is 5.56 Å². The molecule has 1 aliphatic rings. The minimum Gasteiger partial charge on any atom is -0.354 e. The Morgan fingerprint density at radius 1 is 1.23 bits per heavy atom. The van der Waals surface area contributed by atoms with Crippen LogP contribution in [0.4, 0.5) is 0 Å². The summed E-state index contributed by atoms with van der Waals surface area (Å²) in [5.74, 6) is 0.0389. The molecule has 1 aliphatic carbocycles. The van der Waals surface area contributed by atoms with Crippen molar-refractivity contribution in [3.05, 3.63) is 58.4 Å². The number of benzene rings is 1. The van der Waals surface area contributed by atoms with Gasteiger partial charge in [-0.2, -0.15) is 0 Å². The number of carbonyl (C=O) groups is 2. The second-order valence-electron chi connectivity index (χ2n) is 7.09. The summed E-state index contributed by atoms with van der Waals surface area (Å²) in [5, 5.41) is 2.97. The molecule has 5 nitrogen and oxygen atoms in total. The van der Waals surface area contributed by atoms with Crippen LogP contribution in [0.2, 0.25) is 0 Å². The molecule has 0 bridgehead atoms. The van der Waals surface area contributed by atoms with Crippen LogP contribution in [0.5, 0.6) is 0 Å². The van der Waals surface area contributed by atoms with Gasteiger partial charge < -0.3 is 15.2 Å². The molecule has 1 heterocycles. The van der Waals surface area contributed by atoms with Crippen molar-refractivity contribution in [2.45, 2.75) is 39.2 Å². The molecule has 2 aromatic rings. The van der Waals surface area contributed by atoms with Gasteiger partial charge in [0.25, 0.3) is 5.91 Å². The number of hydrogen-bond donors (Lipinski definition) is 2. The summed E-state index contributed by atoms with van der Waals surface area (Å²) in [6.45, 7) is 4.30. The normalized spacial score (nSPS) is 13.7. The number of aryl methyl sites for hydroxylation is 1. The lowest BCUT2D eigenvalue weighted by Crippen LogP contribution is -2.28. The Labute approximate surface area is 154 Å². The molecule has 0 aliphatic heterocycles. The molecule has 2 N–H and O–H groups in total. The third-order valence-corrected chi connectivity index (χ3v) is 4.96. The average Bonchev–Trinajstić information content (AvgIpc) is 2.97. The van der Waals surface area contributed by atoms with Crippen LogP contribution in [0.1, 0.15) is 56.9 Å². The van der Waals surface area contributed by atoms with Crippen LogP contribution in [0.25, 0.3) is 0 Å². The van der Waals surface area contributed by atoms with E-state index in [0.29, 0.717) is 18.7 Å². The van der Waals surface area contributed by atoms with Gasteiger partial charge in [-0.15, -0.1) is 0 Å². The van der Waals surface area contributed by atoms with Crippen LogP contribution in [0.3, 0.4) is 0 Å². The number of rotatable bonds is 7. The van der Waals surface area contributed by atoms with Crippen molar-refractivity contribution in [1.82, 2.24) is 15.2 Å². The molecule has 1 amide bonds. The Hall–Kier alpha value is -2.40. The lowest BCUT2D eigenvalue weighted by molar-refractivity contribution is 0.0945. The Bertz CT molecular complexity index is 780. The highest BCUT2D eigenvalue weighted by Gasteiger charge is 2.26. The Kier molecular flexibility index (Phi) is 5.89. The molecular formula is C21H27N3O2. The summed E-state index contributed by atoms with van der Waals surface area (Å²) in [4.78, 5) is 29.9. The van der Waals surface area contributed by atoms with E-state index >= 15 is 0 Å². The van der Waals surface area contributed by atoms with E-state index in [4.69, 9.17) is 0 Å². The average molecular weight is 353 g/mol. The molecule has 0 radical (unpaired) electrons. The number of ketones is 1. The number of Topliss-reactive ketones (excluding diaryl/α,β-unsaturated/α-hetero) is 1. The number of nitrogens with zero attached hydrogens (tertiary/aromatic N) is 1. The second kappa shape index (κ2) is 8.32. The Morgan fingerprint density at radius 2 is 2.00 bits per heavy atom. The van der Waals surface area contributed by atoms with E-state index in [0.717, 1.165) is 49.2 Å². The molecule has 3 rings (SSSR count). The molecule has 0 saturated carbocycles.